The highest BCUT2D eigenvalue weighted by Crippen LogP contribution is 2.42. The van der Waals surface area contributed by atoms with Gasteiger partial charge in [-0.25, -0.2) is 9.97 Å². The Bertz CT molecular complexity index is 6310. The Kier molecular flexibility index (Phi) is 13.0. The molecule has 0 fully saturated rings. The Morgan fingerprint density at radius 2 is 0.534 bits per heavy atom. The molecule has 5 aromatic heterocycles. The van der Waals surface area contributed by atoms with Crippen LogP contribution in [0.5, 0.6) is 0 Å². The zero-order valence-corrected chi connectivity index (χ0v) is 58.1. The van der Waals surface area contributed by atoms with Crippen molar-refractivity contribution >= 4 is 157 Å². The Labute approximate surface area is 597 Å². The van der Waals surface area contributed by atoms with Gasteiger partial charge in [0, 0.05) is 54.5 Å². The summed E-state index contributed by atoms with van der Waals surface area (Å²) >= 11 is 0. The first-order chi connectivity index (χ1) is 50.6. The SMILES string of the molecule is Cc1cc(C)c(B(c2nc(-n3c4ccccc4c4cc5c6ccccc6n(-c6ccc(B7c8ccccc8-c8ccccc87)cc6)c5cc43)nc(-n3c4ccccc4c4cc5c6ccccc6n(-c6ccc(B7c8ccccc8-c8ccccc87)cc6)c5cc43)n2)c2c(C)cc(C)cc2C)c(C)c1. The smallest absolute Gasteiger partial charge is 0.291 e. The molecule has 2 aliphatic rings. The van der Waals surface area contributed by atoms with E-state index in [9.17, 15) is 0 Å². The summed E-state index contributed by atoms with van der Waals surface area (Å²) in [4.78, 5) is 18.0. The summed E-state index contributed by atoms with van der Waals surface area (Å²) in [7, 11) is 0. The van der Waals surface area contributed by atoms with Gasteiger partial charge in [0.05, 0.1) is 44.1 Å². The van der Waals surface area contributed by atoms with Crippen molar-refractivity contribution in [3.05, 3.63) is 325 Å². The molecule has 0 bridgehead atoms. The van der Waals surface area contributed by atoms with Crippen molar-refractivity contribution in [2.45, 2.75) is 41.5 Å². The van der Waals surface area contributed by atoms with Crippen molar-refractivity contribution in [2.75, 3.05) is 0 Å². The van der Waals surface area contributed by atoms with Crippen LogP contribution in [-0.2, 0) is 0 Å². The third kappa shape index (κ3) is 8.77. The molecule has 0 radical (unpaired) electrons. The predicted molar refractivity (Wildman–Crippen MR) is 436 cm³/mol. The minimum atomic E-state index is -0.380. The Morgan fingerprint density at radius 3 is 0.864 bits per heavy atom. The molecule has 7 heterocycles. The van der Waals surface area contributed by atoms with Gasteiger partial charge >= 0.3 is 0 Å². The maximum atomic E-state index is 6.00. The number of rotatable bonds is 9. The molecular weight excluding hydrogens is 1250 g/mol. The highest BCUT2D eigenvalue weighted by Gasteiger charge is 2.37. The molecule has 19 aromatic rings. The summed E-state index contributed by atoms with van der Waals surface area (Å²) < 4.78 is 9.57. The lowest BCUT2D eigenvalue weighted by molar-refractivity contribution is 0.905. The molecule has 0 saturated heterocycles. The van der Waals surface area contributed by atoms with Crippen LogP contribution in [0.2, 0.25) is 0 Å². The molecule has 10 heteroatoms. The van der Waals surface area contributed by atoms with Gasteiger partial charge in [0.2, 0.25) is 25.3 Å². The summed E-state index contributed by atoms with van der Waals surface area (Å²) in [6.07, 6.45) is 0. The fourth-order valence-electron chi connectivity index (χ4n) is 18.9. The van der Waals surface area contributed by atoms with Crippen LogP contribution in [0.25, 0.3) is 133 Å². The van der Waals surface area contributed by atoms with E-state index in [2.05, 4.69) is 351 Å². The molecule has 0 aliphatic carbocycles. The van der Waals surface area contributed by atoms with Crippen molar-refractivity contribution in [3.8, 4) is 45.5 Å². The van der Waals surface area contributed by atoms with E-state index in [-0.39, 0.29) is 20.1 Å². The predicted octanol–water partition coefficient (Wildman–Crippen LogP) is 15.6. The molecule has 0 saturated carbocycles. The van der Waals surface area contributed by atoms with Gasteiger partial charge in [-0.05, 0) is 137 Å². The molecule has 0 amide bonds. The van der Waals surface area contributed by atoms with E-state index in [0.29, 0.717) is 17.6 Å². The number of para-hydroxylation sites is 4. The summed E-state index contributed by atoms with van der Waals surface area (Å²) in [5, 5.41) is 9.21. The first-order valence-corrected chi connectivity index (χ1v) is 36.0. The van der Waals surface area contributed by atoms with Crippen LogP contribution in [0.3, 0.4) is 0 Å². The maximum Gasteiger partial charge on any atom is 0.291 e. The van der Waals surface area contributed by atoms with Gasteiger partial charge in [-0.3, -0.25) is 9.13 Å². The minimum Gasteiger partial charge on any atom is -0.309 e. The van der Waals surface area contributed by atoms with Crippen LogP contribution in [0.15, 0.2) is 291 Å². The summed E-state index contributed by atoms with van der Waals surface area (Å²) in [6.45, 7) is 13.4. The van der Waals surface area contributed by atoms with Crippen molar-refractivity contribution < 1.29 is 0 Å². The third-order valence-electron chi connectivity index (χ3n) is 22.9. The second-order valence-corrected chi connectivity index (χ2v) is 28.9. The standard InChI is InChI=1S/C93H66B3N7/c1-55-47-57(3)89(58(4)48-55)96(90-59(5)49-56(2)50-60(90)6)91-97-92(102-83-37-21-13-29-71(83)75-51-73-69-27-11-19-35-81(69)100(85(73)53-87(75)102)63-43-39-61(40-44-63)94-77-31-15-7-23-65(77)66-24-8-16-32-78(66)94)99-93(98-91)103-84-38-22-14-30-72(84)76-52-74-70-28-12-20-36-82(70)101(86(74)54-88(76)103)64-45-41-62(42-46-64)95-79-33-17-9-25-67(79)68-26-10-18-34-80(68)95/h7-54H,1-6H3. The van der Waals surface area contributed by atoms with Gasteiger partial charge in [0.25, 0.3) is 6.71 Å². The molecule has 0 N–H and O–H groups in total. The Balaban J connectivity index is 0.815. The lowest BCUT2D eigenvalue weighted by Gasteiger charge is -2.24. The number of hydrogen-bond acceptors (Lipinski definition) is 3. The van der Waals surface area contributed by atoms with Gasteiger partial charge in [0.15, 0.2) is 0 Å². The van der Waals surface area contributed by atoms with E-state index in [1.54, 1.807) is 0 Å². The molecule has 2 aliphatic heterocycles. The van der Waals surface area contributed by atoms with Crippen LogP contribution >= 0.6 is 0 Å². The average molecular weight is 1310 g/mol. The van der Waals surface area contributed by atoms with Crippen LogP contribution < -0.4 is 49.4 Å². The number of aromatic nitrogens is 7. The minimum absolute atomic E-state index is 0.140. The van der Waals surface area contributed by atoms with Crippen LogP contribution in [-0.4, -0.2) is 53.4 Å². The number of hydrogen-bond donors (Lipinski definition) is 0. The Hall–Kier alpha value is -12.5. The van der Waals surface area contributed by atoms with E-state index in [4.69, 9.17) is 15.0 Å². The second-order valence-electron chi connectivity index (χ2n) is 28.9. The normalized spacial score (nSPS) is 12.5. The van der Waals surface area contributed by atoms with E-state index in [1.807, 2.05) is 0 Å². The highest BCUT2D eigenvalue weighted by molar-refractivity contribution is 7.00. The van der Waals surface area contributed by atoms with Crippen LogP contribution in [0, 0.1) is 41.5 Å². The maximum absolute atomic E-state index is 6.00. The van der Waals surface area contributed by atoms with Crippen LogP contribution in [0.4, 0.5) is 0 Å². The molecule has 482 valence electrons. The quantitative estimate of drug-likeness (QED) is 0.135. The lowest BCUT2D eigenvalue weighted by atomic mass is 9.37. The highest BCUT2D eigenvalue weighted by atomic mass is 15.3. The molecule has 103 heavy (non-hydrogen) atoms. The van der Waals surface area contributed by atoms with Gasteiger partial charge in [0.1, 0.15) is 5.72 Å². The van der Waals surface area contributed by atoms with Crippen LogP contribution in [0.1, 0.15) is 33.4 Å². The molecular formula is C93H66B3N7. The average Bonchev–Trinajstić information content (AvgIpc) is 1.59. The topological polar surface area (TPSA) is 58.4 Å². The zero-order valence-electron chi connectivity index (χ0n) is 58.1. The second kappa shape index (κ2) is 22.5. The summed E-state index contributed by atoms with van der Waals surface area (Å²) in [5.74, 6) is 1.08. The Morgan fingerprint density at radius 1 is 0.252 bits per heavy atom. The third-order valence-corrected chi connectivity index (χ3v) is 22.9. The number of nitrogens with zero attached hydrogens (tertiary/aromatic N) is 7. The molecule has 21 rings (SSSR count). The first kappa shape index (κ1) is 59.4. The monoisotopic (exact) mass is 1310 g/mol. The number of benzene rings is 14. The molecule has 7 nitrogen and oxygen atoms in total. The van der Waals surface area contributed by atoms with E-state index in [1.165, 1.54) is 121 Å². The van der Waals surface area contributed by atoms with E-state index in [0.717, 1.165) is 77.1 Å². The van der Waals surface area contributed by atoms with Gasteiger partial charge in [-0.1, -0.05) is 295 Å². The molecule has 14 aromatic carbocycles. The summed E-state index contributed by atoms with van der Waals surface area (Å²) in [5.41, 5.74) is 34.2. The van der Waals surface area contributed by atoms with Crippen molar-refractivity contribution in [1.82, 2.24) is 33.2 Å². The fourth-order valence-corrected chi connectivity index (χ4v) is 18.9. The van der Waals surface area contributed by atoms with Crippen molar-refractivity contribution in [1.29, 1.82) is 0 Å². The summed E-state index contributed by atoms with van der Waals surface area (Å²) in [6, 6.07) is 109. The number of fused-ring (bicyclic) bond motifs is 18. The molecule has 0 spiro atoms. The molecule has 0 atom stereocenters. The zero-order chi connectivity index (χ0) is 68.6. The van der Waals surface area contributed by atoms with Crippen molar-refractivity contribution in [3.63, 3.8) is 0 Å². The van der Waals surface area contributed by atoms with Gasteiger partial charge < -0.3 is 9.13 Å². The first-order valence-electron chi connectivity index (χ1n) is 36.0. The fraction of sp³-hybridized carbons (Fsp3) is 0.0645. The van der Waals surface area contributed by atoms with Crippen molar-refractivity contribution in [2.24, 2.45) is 0 Å². The number of aryl methyl sites for hydroxylation is 6. The molecule has 0 unspecified atom stereocenters. The lowest BCUT2D eigenvalue weighted by Crippen LogP contribution is -2.58. The van der Waals surface area contributed by atoms with E-state index >= 15 is 0 Å². The largest absolute Gasteiger partial charge is 0.309 e. The van der Waals surface area contributed by atoms with Gasteiger partial charge in [-0.15, -0.1) is 0 Å². The van der Waals surface area contributed by atoms with Gasteiger partial charge in [-0.2, -0.15) is 4.98 Å². The van der Waals surface area contributed by atoms with E-state index < -0.39 is 0 Å².